The van der Waals surface area contributed by atoms with Crippen molar-refractivity contribution in [2.24, 2.45) is 0 Å². The molecule has 0 aliphatic carbocycles. The molecule has 24 heavy (non-hydrogen) atoms. The Hall–Kier alpha value is -2.62. The van der Waals surface area contributed by atoms with E-state index in [1.807, 2.05) is 55.5 Å². The maximum atomic E-state index is 12.2. The van der Waals surface area contributed by atoms with Crippen molar-refractivity contribution < 1.29 is 9.59 Å². The average molecular weight is 324 g/mol. The van der Waals surface area contributed by atoms with Crippen LogP contribution in [0.4, 0.5) is 5.69 Å². The third kappa shape index (κ3) is 5.23. The van der Waals surface area contributed by atoms with Crippen molar-refractivity contribution in [1.29, 1.82) is 0 Å². The summed E-state index contributed by atoms with van der Waals surface area (Å²) in [5, 5.41) is 2.84. The van der Waals surface area contributed by atoms with Gasteiger partial charge in [0.15, 0.2) is 0 Å². The number of amides is 2. The first-order valence-corrected chi connectivity index (χ1v) is 8.17. The number of rotatable bonds is 6. The summed E-state index contributed by atoms with van der Waals surface area (Å²) in [4.78, 5) is 25.6. The van der Waals surface area contributed by atoms with Crippen LogP contribution in [-0.4, -0.2) is 23.3 Å². The molecule has 0 bridgehead atoms. The van der Waals surface area contributed by atoms with Crippen molar-refractivity contribution in [2.45, 2.75) is 33.7 Å². The molecule has 4 heteroatoms. The van der Waals surface area contributed by atoms with Crippen molar-refractivity contribution in [1.82, 2.24) is 4.90 Å². The van der Waals surface area contributed by atoms with Crippen LogP contribution in [0.2, 0.25) is 0 Å². The van der Waals surface area contributed by atoms with Gasteiger partial charge in [-0.3, -0.25) is 9.59 Å². The highest BCUT2D eigenvalue weighted by atomic mass is 16.2. The van der Waals surface area contributed by atoms with Gasteiger partial charge >= 0.3 is 0 Å². The summed E-state index contributed by atoms with van der Waals surface area (Å²) in [6.07, 6.45) is 0.961. The molecule has 0 radical (unpaired) electrons. The molecule has 0 saturated heterocycles. The molecule has 2 aromatic rings. The number of benzene rings is 2. The molecule has 0 aliphatic heterocycles. The van der Waals surface area contributed by atoms with Gasteiger partial charge < -0.3 is 10.2 Å². The Balaban J connectivity index is 1.97. The SMILES string of the molecule is CCc1ccc(NC(=O)CN(Cc2ccc(C)cc2)C(C)=O)cc1. The summed E-state index contributed by atoms with van der Waals surface area (Å²) in [5.41, 5.74) is 4.14. The zero-order valence-electron chi connectivity index (χ0n) is 14.5. The lowest BCUT2D eigenvalue weighted by atomic mass is 10.1. The second-order valence-electron chi connectivity index (χ2n) is 5.96. The van der Waals surface area contributed by atoms with Gasteiger partial charge in [-0.15, -0.1) is 0 Å². The molecule has 4 nitrogen and oxygen atoms in total. The van der Waals surface area contributed by atoms with Crippen molar-refractivity contribution in [2.75, 3.05) is 11.9 Å². The summed E-state index contributed by atoms with van der Waals surface area (Å²) in [7, 11) is 0. The van der Waals surface area contributed by atoms with Gasteiger partial charge in [-0.05, 0) is 36.6 Å². The van der Waals surface area contributed by atoms with Gasteiger partial charge in [-0.25, -0.2) is 0 Å². The number of nitrogens with zero attached hydrogens (tertiary/aromatic N) is 1. The van der Waals surface area contributed by atoms with E-state index in [0.29, 0.717) is 6.54 Å². The molecule has 2 aromatic carbocycles. The molecule has 2 rings (SSSR count). The van der Waals surface area contributed by atoms with Crippen LogP contribution >= 0.6 is 0 Å². The summed E-state index contributed by atoms with van der Waals surface area (Å²) in [5.74, 6) is -0.311. The standard InChI is InChI=1S/C20H24N2O2/c1-4-17-9-11-19(12-10-17)21-20(24)14-22(16(3)23)13-18-7-5-15(2)6-8-18/h5-12H,4,13-14H2,1-3H3,(H,21,24). The van der Waals surface area contributed by atoms with Crippen LogP contribution in [-0.2, 0) is 22.6 Å². The largest absolute Gasteiger partial charge is 0.329 e. The van der Waals surface area contributed by atoms with Crippen molar-refractivity contribution in [3.05, 3.63) is 65.2 Å². The zero-order valence-corrected chi connectivity index (χ0v) is 14.5. The van der Waals surface area contributed by atoms with E-state index in [1.165, 1.54) is 18.1 Å². The minimum atomic E-state index is -0.193. The third-order valence-electron chi connectivity index (χ3n) is 3.92. The Bertz CT molecular complexity index is 691. The lowest BCUT2D eigenvalue weighted by Gasteiger charge is -2.21. The predicted octanol–water partition coefficient (Wildman–Crippen LogP) is 3.54. The van der Waals surface area contributed by atoms with Crippen LogP contribution in [0.25, 0.3) is 0 Å². The van der Waals surface area contributed by atoms with E-state index in [-0.39, 0.29) is 18.4 Å². The molecule has 0 unspecified atom stereocenters. The van der Waals surface area contributed by atoms with E-state index in [2.05, 4.69) is 12.2 Å². The highest BCUT2D eigenvalue weighted by Crippen LogP contribution is 2.11. The van der Waals surface area contributed by atoms with Gasteiger partial charge in [-0.1, -0.05) is 48.9 Å². The Kier molecular flexibility index (Phi) is 6.13. The first-order valence-electron chi connectivity index (χ1n) is 8.17. The van der Waals surface area contributed by atoms with Crippen molar-refractivity contribution in [3.8, 4) is 0 Å². The maximum Gasteiger partial charge on any atom is 0.244 e. The molecule has 0 aliphatic rings. The normalized spacial score (nSPS) is 10.3. The Morgan fingerprint density at radius 3 is 2.08 bits per heavy atom. The first kappa shape index (κ1) is 17.7. The molecule has 0 aromatic heterocycles. The van der Waals surface area contributed by atoms with Crippen LogP contribution in [0.1, 0.15) is 30.5 Å². The fraction of sp³-hybridized carbons (Fsp3) is 0.300. The van der Waals surface area contributed by atoms with Gasteiger partial charge in [0.2, 0.25) is 11.8 Å². The topological polar surface area (TPSA) is 49.4 Å². The Morgan fingerprint density at radius 2 is 1.54 bits per heavy atom. The van der Waals surface area contributed by atoms with E-state index in [1.54, 1.807) is 4.90 Å². The molecular weight excluding hydrogens is 300 g/mol. The molecule has 2 amide bonds. The molecule has 0 fully saturated rings. The number of anilines is 1. The molecule has 0 saturated carbocycles. The second kappa shape index (κ2) is 8.29. The highest BCUT2D eigenvalue weighted by molar-refractivity contribution is 5.94. The van der Waals surface area contributed by atoms with Gasteiger partial charge in [0, 0.05) is 19.2 Å². The van der Waals surface area contributed by atoms with Gasteiger partial charge in [0.25, 0.3) is 0 Å². The van der Waals surface area contributed by atoms with Crippen LogP contribution in [0.5, 0.6) is 0 Å². The smallest absolute Gasteiger partial charge is 0.244 e. The molecule has 0 heterocycles. The molecule has 0 spiro atoms. The summed E-state index contributed by atoms with van der Waals surface area (Å²) < 4.78 is 0. The summed E-state index contributed by atoms with van der Waals surface area (Å²) in [6.45, 7) is 6.06. The predicted molar refractivity (Wildman–Crippen MR) is 96.7 cm³/mol. The second-order valence-corrected chi connectivity index (χ2v) is 5.96. The quantitative estimate of drug-likeness (QED) is 0.883. The lowest BCUT2D eigenvalue weighted by Crippen LogP contribution is -2.36. The lowest BCUT2D eigenvalue weighted by molar-refractivity contribution is -0.133. The monoisotopic (exact) mass is 324 g/mol. The Morgan fingerprint density at radius 1 is 0.958 bits per heavy atom. The van der Waals surface area contributed by atoms with Crippen LogP contribution in [0.15, 0.2) is 48.5 Å². The Labute approximate surface area is 143 Å². The average Bonchev–Trinajstić information content (AvgIpc) is 2.56. The van der Waals surface area contributed by atoms with Crippen LogP contribution < -0.4 is 5.32 Å². The highest BCUT2D eigenvalue weighted by Gasteiger charge is 2.14. The number of nitrogens with one attached hydrogen (secondary N) is 1. The van der Waals surface area contributed by atoms with Crippen molar-refractivity contribution >= 4 is 17.5 Å². The molecule has 0 atom stereocenters. The minimum absolute atomic E-state index is 0.0404. The summed E-state index contributed by atoms with van der Waals surface area (Å²) >= 11 is 0. The number of hydrogen-bond acceptors (Lipinski definition) is 2. The van der Waals surface area contributed by atoms with E-state index in [0.717, 1.165) is 17.7 Å². The third-order valence-corrected chi connectivity index (χ3v) is 3.92. The van der Waals surface area contributed by atoms with Crippen LogP contribution in [0.3, 0.4) is 0 Å². The van der Waals surface area contributed by atoms with E-state index >= 15 is 0 Å². The van der Waals surface area contributed by atoms with E-state index in [4.69, 9.17) is 0 Å². The maximum absolute atomic E-state index is 12.2. The summed E-state index contributed by atoms with van der Waals surface area (Å²) in [6, 6.07) is 15.7. The van der Waals surface area contributed by atoms with E-state index in [9.17, 15) is 9.59 Å². The number of carbonyl (C=O) groups is 2. The zero-order chi connectivity index (χ0) is 17.5. The number of hydrogen-bond donors (Lipinski definition) is 1. The van der Waals surface area contributed by atoms with Gasteiger partial charge in [-0.2, -0.15) is 0 Å². The van der Waals surface area contributed by atoms with Gasteiger partial charge in [0.05, 0.1) is 0 Å². The molecule has 126 valence electrons. The van der Waals surface area contributed by atoms with E-state index < -0.39 is 0 Å². The molecule has 1 N–H and O–H groups in total. The fourth-order valence-electron chi connectivity index (χ4n) is 2.39. The first-order chi connectivity index (χ1) is 11.5. The number of aryl methyl sites for hydroxylation is 2. The van der Waals surface area contributed by atoms with Crippen molar-refractivity contribution in [3.63, 3.8) is 0 Å². The number of carbonyl (C=O) groups excluding carboxylic acids is 2. The molecular formula is C20H24N2O2. The van der Waals surface area contributed by atoms with Gasteiger partial charge in [0.1, 0.15) is 6.54 Å². The minimum Gasteiger partial charge on any atom is -0.329 e. The fourth-order valence-corrected chi connectivity index (χ4v) is 2.39. The van der Waals surface area contributed by atoms with Crippen LogP contribution in [0, 0.1) is 6.92 Å².